The minimum atomic E-state index is -0.593. The first kappa shape index (κ1) is 14.8. The van der Waals surface area contributed by atoms with Crippen molar-refractivity contribution in [1.29, 1.82) is 0 Å². The molecule has 1 aliphatic rings. The van der Waals surface area contributed by atoms with Crippen LogP contribution in [0.25, 0.3) is 0 Å². The molecule has 1 aromatic rings. The van der Waals surface area contributed by atoms with E-state index < -0.39 is 5.54 Å². The fourth-order valence-electron chi connectivity index (χ4n) is 2.13. The second-order valence-corrected chi connectivity index (χ2v) is 5.56. The summed E-state index contributed by atoms with van der Waals surface area (Å²) < 4.78 is 0. The van der Waals surface area contributed by atoms with Gasteiger partial charge in [0.15, 0.2) is 0 Å². The summed E-state index contributed by atoms with van der Waals surface area (Å²) in [7, 11) is 0. The molecule has 1 aliphatic heterocycles. The molecule has 7 heteroatoms. The molecule has 1 aromatic heterocycles. The summed E-state index contributed by atoms with van der Waals surface area (Å²) in [4.78, 5) is 18.8. The van der Waals surface area contributed by atoms with Crippen LogP contribution in [0.1, 0.15) is 25.2 Å². The summed E-state index contributed by atoms with van der Waals surface area (Å²) in [6.07, 6.45) is 0. The number of nitrogens with one attached hydrogen (secondary N) is 2. The normalized spacial score (nSPS) is 17.0. The average Bonchev–Trinajstić information content (AvgIpc) is 2.44. The number of anilines is 1. The van der Waals surface area contributed by atoms with Crippen LogP contribution in [0.5, 0.6) is 0 Å². The highest BCUT2D eigenvalue weighted by Gasteiger charge is 2.35. The van der Waals surface area contributed by atoms with Crippen LogP contribution in [0, 0.1) is 13.8 Å². The Kier molecular flexibility index (Phi) is 4.29. The fourth-order valence-corrected chi connectivity index (χ4v) is 2.13. The lowest BCUT2D eigenvalue weighted by Gasteiger charge is -2.39. The van der Waals surface area contributed by atoms with Gasteiger partial charge in [-0.25, -0.2) is 4.98 Å². The first-order valence-corrected chi connectivity index (χ1v) is 6.86. The lowest BCUT2D eigenvalue weighted by molar-refractivity contribution is -0.126. The summed E-state index contributed by atoms with van der Waals surface area (Å²) in [5, 5.41) is 13.9. The van der Waals surface area contributed by atoms with Crippen molar-refractivity contribution in [3.8, 4) is 0 Å². The Balaban J connectivity index is 2.07. The summed E-state index contributed by atoms with van der Waals surface area (Å²) in [6.45, 7) is 11.0. The molecule has 1 amide bonds. The predicted molar refractivity (Wildman–Crippen MR) is 76.5 cm³/mol. The number of amides is 1. The highest BCUT2D eigenvalue weighted by Crippen LogP contribution is 2.17. The highest BCUT2D eigenvalue weighted by atomic mass is 16.2. The maximum absolute atomic E-state index is 12.4. The van der Waals surface area contributed by atoms with E-state index in [1.165, 1.54) is 0 Å². The van der Waals surface area contributed by atoms with Crippen LogP contribution in [-0.2, 0) is 4.79 Å². The quantitative estimate of drug-likeness (QED) is 0.816. The van der Waals surface area contributed by atoms with Crippen molar-refractivity contribution in [3.63, 3.8) is 0 Å². The number of carbonyl (C=O) groups excluding carboxylic acids is 1. The van der Waals surface area contributed by atoms with E-state index in [-0.39, 0.29) is 11.9 Å². The predicted octanol–water partition coefficient (Wildman–Crippen LogP) is 0.111. The van der Waals surface area contributed by atoms with Gasteiger partial charge in [-0.2, -0.15) is 5.10 Å². The molecule has 0 radical (unpaired) electrons. The molecule has 110 valence electrons. The summed E-state index contributed by atoms with van der Waals surface area (Å²) in [5.41, 5.74) is 0.948. The first-order valence-electron chi connectivity index (χ1n) is 6.86. The van der Waals surface area contributed by atoms with Crippen LogP contribution in [-0.4, -0.2) is 57.7 Å². The lowest BCUT2D eigenvalue weighted by atomic mass is 10.0. The van der Waals surface area contributed by atoms with Crippen molar-refractivity contribution in [2.75, 3.05) is 31.5 Å². The van der Waals surface area contributed by atoms with E-state index in [1.807, 2.05) is 27.7 Å². The molecule has 2 N–H and O–H groups in total. The zero-order chi connectivity index (χ0) is 14.8. The van der Waals surface area contributed by atoms with Gasteiger partial charge in [0.2, 0.25) is 11.9 Å². The smallest absolute Gasteiger partial charge is 0.249 e. The summed E-state index contributed by atoms with van der Waals surface area (Å²) in [6, 6.07) is 0. The molecule has 0 aromatic carbocycles. The molecule has 2 rings (SSSR count). The zero-order valence-corrected chi connectivity index (χ0v) is 12.5. The standard InChI is InChI=1S/C13H22N6O/c1-9-10(2)17-18-12(15-9)16-11(20)13(3,4)19-7-5-14-6-8-19/h14H,5-8H2,1-4H3,(H,15,16,18,20). The van der Waals surface area contributed by atoms with Crippen molar-refractivity contribution >= 4 is 11.9 Å². The number of piperazine rings is 1. The lowest BCUT2D eigenvalue weighted by Crippen LogP contribution is -2.58. The molecule has 0 unspecified atom stereocenters. The van der Waals surface area contributed by atoms with Gasteiger partial charge >= 0.3 is 0 Å². The molecule has 0 saturated carbocycles. The molecule has 0 atom stereocenters. The highest BCUT2D eigenvalue weighted by molar-refractivity contribution is 5.96. The molecule has 2 heterocycles. The maximum atomic E-state index is 12.4. The molecule has 1 fully saturated rings. The van der Waals surface area contributed by atoms with Crippen molar-refractivity contribution < 1.29 is 4.79 Å². The molecule has 7 nitrogen and oxygen atoms in total. The Labute approximate surface area is 119 Å². The third kappa shape index (κ3) is 3.10. The van der Waals surface area contributed by atoms with Gasteiger partial charge in [0.25, 0.3) is 0 Å². The van der Waals surface area contributed by atoms with Crippen molar-refractivity contribution in [2.45, 2.75) is 33.2 Å². The second kappa shape index (κ2) is 5.80. The van der Waals surface area contributed by atoms with Gasteiger partial charge in [-0.15, -0.1) is 5.10 Å². The minimum Gasteiger partial charge on any atom is -0.314 e. The van der Waals surface area contributed by atoms with E-state index in [2.05, 4.69) is 30.7 Å². The van der Waals surface area contributed by atoms with Crippen molar-refractivity contribution in [2.24, 2.45) is 0 Å². The minimum absolute atomic E-state index is 0.107. The van der Waals surface area contributed by atoms with Gasteiger partial charge in [0.1, 0.15) is 0 Å². The SMILES string of the molecule is Cc1nnc(NC(=O)C(C)(C)N2CCNCC2)nc1C. The van der Waals surface area contributed by atoms with Crippen LogP contribution in [0.4, 0.5) is 5.95 Å². The van der Waals surface area contributed by atoms with Gasteiger partial charge < -0.3 is 5.32 Å². The molecular formula is C13H22N6O. The van der Waals surface area contributed by atoms with Crippen LogP contribution < -0.4 is 10.6 Å². The van der Waals surface area contributed by atoms with Gasteiger partial charge in [-0.3, -0.25) is 15.0 Å². The average molecular weight is 278 g/mol. The Morgan fingerprint density at radius 2 is 1.85 bits per heavy atom. The molecule has 0 aliphatic carbocycles. The monoisotopic (exact) mass is 278 g/mol. The summed E-state index contributed by atoms with van der Waals surface area (Å²) >= 11 is 0. The Morgan fingerprint density at radius 1 is 1.20 bits per heavy atom. The van der Waals surface area contributed by atoms with Gasteiger partial charge in [0.05, 0.1) is 16.9 Å². The third-order valence-electron chi connectivity index (χ3n) is 3.78. The third-order valence-corrected chi connectivity index (χ3v) is 3.78. The molecule has 0 bridgehead atoms. The Morgan fingerprint density at radius 3 is 2.45 bits per heavy atom. The fraction of sp³-hybridized carbons (Fsp3) is 0.692. The number of rotatable bonds is 3. The van der Waals surface area contributed by atoms with Crippen LogP contribution in [0.2, 0.25) is 0 Å². The zero-order valence-electron chi connectivity index (χ0n) is 12.5. The molecular weight excluding hydrogens is 256 g/mol. The summed E-state index contributed by atoms with van der Waals surface area (Å²) in [5.74, 6) is 0.158. The molecule has 0 spiro atoms. The van der Waals surface area contributed by atoms with Crippen molar-refractivity contribution in [3.05, 3.63) is 11.4 Å². The van der Waals surface area contributed by atoms with Gasteiger partial charge in [-0.05, 0) is 27.7 Å². The number of hydrogen-bond acceptors (Lipinski definition) is 6. The van der Waals surface area contributed by atoms with Crippen LogP contribution in [0.3, 0.4) is 0 Å². The Bertz CT molecular complexity index is 496. The number of nitrogens with zero attached hydrogens (tertiary/aromatic N) is 4. The largest absolute Gasteiger partial charge is 0.314 e. The second-order valence-electron chi connectivity index (χ2n) is 5.56. The topological polar surface area (TPSA) is 83.0 Å². The van der Waals surface area contributed by atoms with Crippen molar-refractivity contribution in [1.82, 2.24) is 25.4 Å². The Hall–Kier alpha value is -1.60. The van der Waals surface area contributed by atoms with E-state index in [0.29, 0.717) is 0 Å². The number of aromatic nitrogens is 3. The van der Waals surface area contributed by atoms with Crippen LogP contribution in [0.15, 0.2) is 0 Å². The van der Waals surface area contributed by atoms with E-state index in [4.69, 9.17) is 0 Å². The number of carbonyl (C=O) groups is 1. The van der Waals surface area contributed by atoms with Crippen LogP contribution >= 0.6 is 0 Å². The van der Waals surface area contributed by atoms with Gasteiger partial charge in [0, 0.05) is 26.2 Å². The maximum Gasteiger partial charge on any atom is 0.249 e. The molecule has 1 saturated heterocycles. The first-order chi connectivity index (χ1) is 9.41. The van der Waals surface area contributed by atoms with E-state index in [9.17, 15) is 4.79 Å². The number of aryl methyl sites for hydroxylation is 2. The number of hydrogen-bond donors (Lipinski definition) is 2. The van der Waals surface area contributed by atoms with E-state index in [1.54, 1.807) is 0 Å². The molecule has 20 heavy (non-hydrogen) atoms. The van der Waals surface area contributed by atoms with E-state index >= 15 is 0 Å². The van der Waals surface area contributed by atoms with Gasteiger partial charge in [-0.1, -0.05) is 0 Å². The van der Waals surface area contributed by atoms with E-state index in [0.717, 1.165) is 37.6 Å².